The molecule has 0 aliphatic carbocycles. The SMILES string of the molecule is BP.[Fe].[Ni]. The third-order valence-corrected chi connectivity index (χ3v) is 0. The summed E-state index contributed by atoms with van der Waals surface area (Å²) in [5, 5.41) is 0. The summed E-state index contributed by atoms with van der Waals surface area (Å²) in [6, 6.07) is 0. The van der Waals surface area contributed by atoms with E-state index in [-0.39, 0.29) is 33.6 Å². The molecule has 4 heteroatoms. The fraction of sp³-hybridized carbons (Fsp3) is 0. The minimum absolute atomic E-state index is 0. The molecule has 0 amide bonds. The first-order valence-corrected chi connectivity index (χ1v) is 1.73. The Balaban J connectivity index is -0.00000000500. The van der Waals surface area contributed by atoms with Crippen molar-refractivity contribution in [2.45, 2.75) is 0 Å². The van der Waals surface area contributed by atoms with Crippen LogP contribution in [-0.2, 0) is 33.6 Å². The number of rotatable bonds is 0. The van der Waals surface area contributed by atoms with Crippen LogP contribution in [0.4, 0.5) is 0 Å². The van der Waals surface area contributed by atoms with Gasteiger partial charge in [-0.2, -0.15) is 9.12 Å². The van der Waals surface area contributed by atoms with Crippen molar-refractivity contribution in [1.29, 1.82) is 0 Å². The molecule has 0 aromatic rings. The van der Waals surface area contributed by atoms with Gasteiger partial charge in [-0.1, -0.05) is 0 Å². The summed E-state index contributed by atoms with van der Waals surface area (Å²) in [7, 11) is 4.33. The van der Waals surface area contributed by atoms with Crippen molar-refractivity contribution >= 4 is 16.7 Å². The van der Waals surface area contributed by atoms with Gasteiger partial charge in [0.1, 0.15) is 7.57 Å². The van der Waals surface area contributed by atoms with Crippen molar-refractivity contribution in [1.82, 2.24) is 0 Å². The molecule has 0 aliphatic rings. The van der Waals surface area contributed by atoms with Crippen LogP contribution in [0, 0.1) is 0 Å². The maximum atomic E-state index is 2.42. The van der Waals surface area contributed by atoms with Crippen molar-refractivity contribution < 1.29 is 33.6 Å². The van der Waals surface area contributed by atoms with Gasteiger partial charge in [0.2, 0.25) is 0 Å². The number of hydrogen-bond donors (Lipinski definition) is 0. The van der Waals surface area contributed by atoms with Crippen molar-refractivity contribution in [2.24, 2.45) is 0 Å². The van der Waals surface area contributed by atoms with Crippen LogP contribution in [0.3, 0.4) is 0 Å². The van der Waals surface area contributed by atoms with Crippen molar-refractivity contribution in [2.75, 3.05) is 0 Å². The Labute approximate surface area is 50.5 Å². The second kappa shape index (κ2) is 24.4. The predicted molar refractivity (Wildman–Crippen MR) is 18.3 cm³/mol. The van der Waals surface area contributed by atoms with Gasteiger partial charge in [-0.05, 0) is 0 Å². The first-order chi connectivity index (χ1) is 1.00. The summed E-state index contributed by atoms with van der Waals surface area (Å²) < 4.78 is 0. The zero-order chi connectivity index (χ0) is 2.00. The molecule has 0 aliphatic heterocycles. The van der Waals surface area contributed by atoms with Gasteiger partial charge in [0, 0.05) is 33.6 Å². The van der Waals surface area contributed by atoms with Crippen molar-refractivity contribution in [3.05, 3.63) is 0 Å². The van der Waals surface area contributed by atoms with Crippen LogP contribution < -0.4 is 0 Å². The standard InChI is InChI=1S/BH4P.Fe.Ni/c1-2;;/h1-2H2;;. The van der Waals surface area contributed by atoms with Gasteiger partial charge in [-0.15, -0.1) is 0 Å². The molecule has 0 bridgehead atoms. The van der Waals surface area contributed by atoms with Gasteiger partial charge in [0.05, 0.1) is 0 Å². The Kier molecular flexibility index (Phi) is 109. The molecule has 0 nitrogen and oxygen atoms in total. The van der Waals surface area contributed by atoms with Crippen LogP contribution >= 0.6 is 9.12 Å². The van der Waals surface area contributed by atoms with Crippen LogP contribution in [0.25, 0.3) is 0 Å². The van der Waals surface area contributed by atoms with Gasteiger partial charge in [-0.3, -0.25) is 0 Å². The zero-order valence-electron chi connectivity index (χ0n) is 2.25. The van der Waals surface area contributed by atoms with E-state index in [1.165, 1.54) is 0 Å². The molecule has 4 heavy (non-hydrogen) atoms. The molecular formula is H4BFeNiP. The second-order valence-electron chi connectivity index (χ2n) is 0. The molecule has 0 aromatic heterocycles. The Morgan fingerprint density at radius 3 is 1.25 bits per heavy atom. The van der Waals surface area contributed by atoms with E-state index in [1.807, 2.05) is 7.57 Å². The molecule has 0 heterocycles. The van der Waals surface area contributed by atoms with Gasteiger partial charge < -0.3 is 0 Å². The Morgan fingerprint density at radius 1 is 1.25 bits per heavy atom. The summed E-state index contributed by atoms with van der Waals surface area (Å²) in [4.78, 5) is 0. The molecule has 1 unspecified atom stereocenters. The Morgan fingerprint density at radius 2 is 1.25 bits per heavy atom. The van der Waals surface area contributed by atoms with Gasteiger partial charge in [0.15, 0.2) is 0 Å². The molecular weight excluding hydrogens is 156 g/mol. The van der Waals surface area contributed by atoms with E-state index in [2.05, 4.69) is 9.12 Å². The monoisotopic (exact) mass is 160 g/mol. The first-order valence-electron chi connectivity index (χ1n) is 0.577. The van der Waals surface area contributed by atoms with Crippen molar-refractivity contribution in [3.8, 4) is 0 Å². The topological polar surface area (TPSA) is 0 Å². The minimum atomic E-state index is 0. The van der Waals surface area contributed by atoms with E-state index in [9.17, 15) is 0 Å². The third-order valence-electron chi connectivity index (χ3n) is 0. The minimum Gasteiger partial charge on any atom is -0.179 e. The third kappa shape index (κ3) is 9.70. The maximum absolute atomic E-state index is 2.42. The average molecular weight is 160 g/mol. The van der Waals surface area contributed by atoms with E-state index >= 15 is 0 Å². The van der Waals surface area contributed by atoms with Crippen LogP contribution in [0.15, 0.2) is 0 Å². The molecule has 30 valence electrons. The number of hydrogen-bond acceptors (Lipinski definition) is 0. The fourth-order valence-electron chi connectivity index (χ4n) is 0. The molecule has 0 fully saturated rings. The molecule has 0 radical (unpaired) electrons. The maximum Gasteiger partial charge on any atom is 0.126 e. The molecule has 1 atom stereocenters. The van der Waals surface area contributed by atoms with E-state index in [0.29, 0.717) is 0 Å². The summed E-state index contributed by atoms with van der Waals surface area (Å²) in [5.41, 5.74) is 0. The van der Waals surface area contributed by atoms with Crippen LogP contribution in [0.5, 0.6) is 0 Å². The summed E-state index contributed by atoms with van der Waals surface area (Å²) in [6.07, 6.45) is 0. The van der Waals surface area contributed by atoms with E-state index in [4.69, 9.17) is 0 Å². The summed E-state index contributed by atoms with van der Waals surface area (Å²) in [6.45, 7) is 0. The quantitative estimate of drug-likeness (QED) is 0.328. The van der Waals surface area contributed by atoms with Crippen LogP contribution in [-0.4, -0.2) is 7.57 Å². The molecule has 0 saturated heterocycles. The van der Waals surface area contributed by atoms with Crippen molar-refractivity contribution in [3.63, 3.8) is 0 Å². The zero-order valence-corrected chi connectivity index (χ0v) is 5.49. The first kappa shape index (κ1) is 17.8. The normalized spacial score (nSPS) is 1.25. The van der Waals surface area contributed by atoms with E-state index in [1.54, 1.807) is 0 Å². The Bertz CT molecular complexity index is 8.00. The van der Waals surface area contributed by atoms with Gasteiger partial charge in [-0.25, -0.2) is 0 Å². The second-order valence-corrected chi connectivity index (χ2v) is 0. The fourth-order valence-corrected chi connectivity index (χ4v) is 0. The largest absolute Gasteiger partial charge is 0.179 e. The predicted octanol–water partition coefficient (Wildman–Crippen LogP) is -0.595. The summed E-state index contributed by atoms with van der Waals surface area (Å²) >= 11 is 0. The Hall–Kier alpha value is 1.51. The van der Waals surface area contributed by atoms with E-state index < -0.39 is 0 Å². The van der Waals surface area contributed by atoms with Crippen LogP contribution in [0.1, 0.15) is 0 Å². The smallest absolute Gasteiger partial charge is 0.126 e. The van der Waals surface area contributed by atoms with Gasteiger partial charge in [0.25, 0.3) is 0 Å². The molecule has 0 rings (SSSR count). The molecule has 0 saturated carbocycles. The molecule has 0 spiro atoms. The van der Waals surface area contributed by atoms with Crippen LogP contribution in [0.2, 0.25) is 0 Å². The van der Waals surface area contributed by atoms with Gasteiger partial charge >= 0.3 is 0 Å². The summed E-state index contributed by atoms with van der Waals surface area (Å²) in [5.74, 6) is 0. The average Bonchev–Trinajstić information content (AvgIpc) is 1.00. The van der Waals surface area contributed by atoms with E-state index in [0.717, 1.165) is 0 Å². The molecule has 0 N–H and O–H groups in total. The molecule has 0 aromatic carbocycles.